The van der Waals surface area contributed by atoms with Crippen molar-refractivity contribution < 1.29 is 4.52 Å². The largest absolute Gasteiger partial charge is 0.353 e. The average molecular weight is 271 g/mol. The van der Waals surface area contributed by atoms with Gasteiger partial charge in [0.25, 0.3) is 0 Å². The first-order chi connectivity index (χ1) is 9.74. The van der Waals surface area contributed by atoms with Crippen molar-refractivity contribution >= 4 is 0 Å². The van der Waals surface area contributed by atoms with Crippen molar-refractivity contribution in [2.24, 2.45) is 0 Å². The number of nitrogens with zero attached hydrogens (tertiary/aromatic N) is 4. The number of aromatic amines is 1. The normalized spacial score (nSPS) is 15.2. The first-order valence-electron chi connectivity index (χ1n) is 6.83. The molecule has 0 bridgehead atoms. The highest BCUT2D eigenvalue weighted by molar-refractivity contribution is 5.26. The molecule has 1 fully saturated rings. The van der Waals surface area contributed by atoms with Gasteiger partial charge in [-0.2, -0.15) is 10.2 Å². The van der Waals surface area contributed by atoms with Gasteiger partial charge in [-0.3, -0.25) is 4.90 Å². The molecule has 0 saturated heterocycles. The molecule has 2 heterocycles. The minimum Gasteiger partial charge on any atom is -0.353 e. The van der Waals surface area contributed by atoms with E-state index in [2.05, 4.69) is 26.1 Å². The van der Waals surface area contributed by atoms with E-state index in [1.807, 2.05) is 19.3 Å². The van der Waals surface area contributed by atoms with Crippen molar-refractivity contribution in [3.63, 3.8) is 0 Å². The Labute approximate surface area is 117 Å². The number of rotatable bonds is 5. The SMILES string of the molecule is CN(Cc1c[nH]c(C#N)c1)Cc1noc(C2CCC2)n1. The van der Waals surface area contributed by atoms with Gasteiger partial charge in [-0.15, -0.1) is 0 Å². The van der Waals surface area contributed by atoms with Crippen LogP contribution in [-0.4, -0.2) is 27.1 Å². The molecule has 2 aromatic rings. The summed E-state index contributed by atoms with van der Waals surface area (Å²) >= 11 is 0. The Kier molecular flexibility index (Phi) is 3.52. The summed E-state index contributed by atoms with van der Waals surface area (Å²) < 4.78 is 5.30. The summed E-state index contributed by atoms with van der Waals surface area (Å²) in [7, 11) is 2.00. The maximum atomic E-state index is 8.78. The molecule has 0 aliphatic heterocycles. The first kappa shape index (κ1) is 12.9. The third-order valence-electron chi connectivity index (χ3n) is 3.67. The smallest absolute Gasteiger partial charge is 0.229 e. The zero-order valence-electron chi connectivity index (χ0n) is 11.5. The number of aromatic nitrogens is 3. The van der Waals surface area contributed by atoms with Crippen LogP contribution in [0.1, 0.15) is 48.2 Å². The number of hydrogen-bond donors (Lipinski definition) is 1. The molecule has 20 heavy (non-hydrogen) atoms. The average Bonchev–Trinajstić information content (AvgIpc) is 2.97. The molecule has 3 rings (SSSR count). The molecule has 0 atom stereocenters. The van der Waals surface area contributed by atoms with Crippen LogP contribution in [0.25, 0.3) is 0 Å². The molecule has 1 saturated carbocycles. The van der Waals surface area contributed by atoms with Gasteiger partial charge in [-0.1, -0.05) is 11.6 Å². The summed E-state index contributed by atoms with van der Waals surface area (Å²) in [5, 5.41) is 12.8. The lowest BCUT2D eigenvalue weighted by molar-refractivity contribution is 0.281. The zero-order chi connectivity index (χ0) is 13.9. The summed E-state index contributed by atoms with van der Waals surface area (Å²) in [6, 6.07) is 3.94. The quantitative estimate of drug-likeness (QED) is 0.901. The van der Waals surface area contributed by atoms with Crippen molar-refractivity contribution in [2.75, 3.05) is 7.05 Å². The second-order valence-corrected chi connectivity index (χ2v) is 5.38. The molecule has 104 valence electrons. The van der Waals surface area contributed by atoms with Crippen LogP contribution in [0.3, 0.4) is 0 Å². The van der Waals surface area contributed by atoms with E-state index < -0.39 is 0 Å². The zero-order valence-corrected chi connectivity index (χ0v) is 11.5. The van der Waals surface area contributed by atoms with E-state index in [1.165, 1.54) is 6.42 Å². The van der Waals surface area contributed by atoms with Gasteiger partial charge in [-0.05, 0) is 31.5 Å². The van der Waals surface area contributed by atoms with Gasteiger partial charge in [-0.25, -0.2) is 0 Å². The number of H-pyrrole nitrogens is 1. The Morgan fingerprint density at radius 3 is 3.00 bits per heavy atom. The number of nitriles is 1. The fourth-order valence-electron chi connectivity index (χ4n) is 2.36. The second-order valence-electron chi connectivity index (χ2n) is 5.38. The van der Waals surface area contributed by atoms with Crippen molar-refractivity contribution in [1.82, 2.24) is 20.0 Å². The lowest BCUT2D eigenvalue weighted by Gasteiger charge is -2.20. The van der Waals surface area contributed by atoms with E-state index >= 15 is 0 Å². The van der Waals surface area contributed by atoms with Gasteiger partial charge in [0.1, 0.15) is 11.8 Å². The van der Waals surface area contributed by atoms with Gasteiger partial charge < -0.3 is 9.51 Å². The Bertz CT molecular complexity index is 620. The summed E-state index contributed by atoms with van der Waals surface area (Å²) in [6.45, 7) is 1.38. The summed E-state index contributed by atoms with van der Waals surface area (Å²) in [4.78, 5) is 9.47. The van der Waals surface area contributed by atoms with Crippen LogP contribution in [0.2, 0.25) is 0 Å². The van der Waals surface area contributed by atoms with Crippen LogP contribution in [0.5, 0.6) is 0 Å². The van der Waals surface area contributed by atoms with Crippen LogP contribution in [0.4, 0.5) is 0 Å². The third-order valence-corrected chi connectivity index (χ3v) is 3.67. The third kappa shape index (κ3) is 2.73. The maximum Gasteiger partial charge on any atom is 0.229 e. The van der Waals surface area contributed by atoms with E-state index in [0.717, 1.165) is 36.7 Å². The molecule has 6 nitrogen and oxygen atoms in total. The van der Waals surface area contributed by atoms with E-state index in [0.29, 0.717) is 18.2 Å². The summed E-state index contributed by atoms with van der Waals surface area (Å²) in [6.07, 6.45) is 5.44. The van der Waals surface area contributed by atoms with Crippen LogP contribution in [0.15, 0.2) is 16.8 Å². The Balaban J connectivity index is 1.56. The van der Waals surface area contributed by atoms with Gasteiger partial charge in [0.2, 0.25) is 5.89 Å². The molecule has 0 unspecified atom stereocenters. The van der Waals surface area contributed by atoms with Gasteiger partial charge in [0, 0.05) is 18.7 Å². The van der Waals surface area contributed by atoms with Crippen LogP contribution in [-0.2, 0) is 13.1 Å². The molecule has 0 amide bonds. The molecule has 0 aromatic carbocycles. The molecule has 1 N–H and O–H groups in total. The fraction of sp³-hybridized carbons (Fsp3) is 0.500. The molecule has 0 spiro atoms. The van der Waals surface area contributed by atoms with E-state index in [-0.39, 0.29) is 0 Å². The lowest BCUT2D eigenvalue weighted by atomic mass is 9.85. The van der Waals surface area contributed by atoms with Crippen LogP contribution >= 0.6 is 0 Å². The molecule has 0 radical (unpaired) electrons. The van der Waals surface area contributed by atoms with Crippen LogP contribution < -0.4 is 0 Å². The Hall–Kier alpha value is -2.13. The second kappa shape index (κ2) is 5.47. The monoisotopic (exact) mass is 271 g/mol. The number of hydrogen-bond acceptors (Lipinski definition) is 5. The number of nitrogens with one attached hydrogen (secondary N) is 1. The predicted molar refractivity (Wildman–Crippen MR) is 71.6 cm³/mol. The highest BCUT2D eigenvalue weighted by Crippen LogP contribution is 2.35. The predicted octanol–water partition coefficient (Wildman–Crippen LogP) is 2.17. The van der Waals surface area contributed by atoms with Crippen LogP contribution in [0, 0.1) is 11.3 Å². The maximum absolute atomic E-state index is 8.78. The molecular weight excluding hydrogens is 254 g/mol. The van der Waals surface area contributed by atoms with E-state index in [9.17, 15) is 0 Å². The molecular formula is C14H17N5O. The topological polar surface area (TPSA) is 81.7 Å². The summed E-state index contributed by atoms with van der Waals surface area (Å²) in [5.41, 5.74) is 1.66. The fourth-order valence-corrected chi connectivity index (χ4v) is 2.36. The van der Waals surface area contributed by atoms with E-state index in [1.54, 1.807) is 0 Å². The van der Waals surface area contributed by atoms with E-state index in [4.69, 9.17) is 9.78 Å². The Morgan fingerprint density at radius 2 is 2.35 bits per heavy atom. The Morgan fingerprint density at radius 1 is 1.50 bits per heavy atom. The van der Waals surface area contributed by atoms with Crippen molar-refractivity contribution in [3.05, 3.63) is 35.2 Å². The lowest BCUT2D eigenvalue weighted by Crippen LogP contribution is -2.18. The van der Waals surface area contributed by atoms with Gasteiger partial charge in [0.05, 0.1) is 6.54 Å². The minimum absolute atomic E-state index is 0.476. The first-order valence-corrected chi connectivity index (χ1v) is 6.83. The highest BCUT2D eigenvalue weighted by atomic mass is 16.5. The molecule has 6 heteroatoms. The highest BCUT2D eigenvalue weighted by Gasteiger charge is 2.25. The minimum atomic E-state index is 0.476. The molecule has 2 aromatic heterocycles. The summed E-state index contributed by atoms with van der Waals surface area (Å²) in [5.74, 6) is 1.99. The molecule has 1 aliphatic carbocycles. The van der Waals surface area contributed by atoms with Crippen molar-refractivity contribution in [3.8, 4) is 6.07 Å². The van der Waals surface area contributed by atoms with Crippen molar-refractivity contribution in [1.29, 1.82) is 5.26 Å². The standard InChI is InChI=1S/C14H17N5O/c1-19(8-10-5-12(6-15)16-7-10)9-13-17-14(20-18-13)11-3-2-4-11/h5,7,11,16H,2-4,8-9H2,1H3. The van der Waals surface area contributed by atoms with Gasteiger partial charge in [0.15, 0.2) is 5.82 Å². The van der Waals surface area contributed by atoms with Gasteiger partial charge >= 0.3 is 0 Å². The van der Waals surface area contributed by atoms with Crippen molar-refractivity contribution in [2.45, 2.75) is 38.3 Å². The molecule has 1 aliphatic rings.